The van der Waals surface area contributed by atoms with Gasteiger partial charge in [-0.1, -0.05) is 121 Å². The van der Waals surface area contributed by atoms with Crippen molar-refractivity contribution in [1.29, 1.82) is 0 Å². The molecule has 9 aromatic rings. The minimum atomic E-state index is -0.806. The maximum atomic E-state index is 9.46. The molecule has 1 nitrogen and oxygen atoms in total. The first-order chi connectivity index (χ1) is 29.5. The second-order valence-corrected chi connectivity index (χ2v) is 11.6. The van der Waals surface area contributed by atoms with Gasteiger partial charge in [0.25, 0.3) is 0 Å². The zero-order valence-electron chi connectivity index (χ0n) is 39.9. The van der Waals surface area contributed by atoms with E-state index in [-0.39, 0.29) is 5.69 Å². The van der Waals surface area contributed by atoms with E-state index in [2.05, 4.69) is 6.07 Å². The highest BCUT2D eigenvalue weighted by Gasteiger charge is 2.18. The third kappa shape index (κ3) is 4.54. The van der Waals surface area contributed by atoms with E-state index in [1.807, 2.05) is 54.6 Å². The Labute approximate surface area is 294 Å². The van der Waals surface area contributed by atoms with Crippen LogP contribution in [-0.2, 0) is 0 Å². The molecule has 0 bridgehead atoms. The third-order valence-electron chi connectivity index (χ3n) is 7.83. The Morgan fingerprint density at radius 3 is 2.04 bits per heavy atom. The van der Waals surface area contributed by atoms with Crippen LogP contribution in [-0.4, -0.2) is 0 Å². The SMILES string of the molecule is [2H]c1c([2H])c([2H])c(N(c2ccc3sc4c5ccccc5cc(-c5ccccc5)c4c3c2)c2c([2H])c([2H])c(-c3c([2H])c([2H])c4c([2H])c([2H])c([2H])c([2H])c4c3[2H])c([2H])c2[2H])c([2H])c1[2H]. The van der Waals surface area contributed by atoms with Crippen molar-refractivity contribution in [3.63, 3.8) is 0 Å². The fourth-order valence-corrected chi connectivity index (χ4v) is 7.00. The Bertz CT molecular complexity index is 3380. The molecule has 46 heavy (non-hydrogen) atoms. The molecule has 1 aromatic heterocycles. The monoisotopic (exact) mass is 619 g/mol. The van der Waals surface area contributed by atoms with Crippen LogP contribution in [0.15, 0.2) is 176 Å². The minimum Gasteiger partial charge on any atom is -0.310 e. The molecule has 0 radical (unpaired) electrons. The number of para-hydroxylation sites is 1. The van der Waals surface area contributed by atoms with E-state index in [0.29, 0.717) is 5.39 Å². The summed E-state index contributed by atoms with van der Waals surface area (Å²) >= 11 is 1.53. The van der Waals surface area contributed by atoms with Gasteiger partial charge in [-0.3, -0.25) is 0 Å². The molecular weight excluding hydrogens is 575 g/mol. The lowest BCUT2D eigenvalue weighted by Gasteiger charge is -2.26. The zero-order chi connectivity index (χ0) is 44.4. The average molecular weight is 620 g/mol. The lowest BCUT2D eigenvalue weighted by Crippen LogP contribution is -2.09. The van der Waals surface area contributed by atoms with Crippen LogP contribution < -0.4 is 4.90 Å². The summed E-state index contributed by atoms with van der Waals surface area (Å²) in [5, 5.41) is 2.72. The Kier molecular flexibility index (Phi) is 3.61. The van der Waals surface area contributed by atoms with E-state index in [1.165, 1.54) is 11.3 Å². The van der Waals surface area contributed by atoms with Crippen molar-refractivity contribution >= 4 is 70.1 Å². The number of rotatable bonds is 5. The van der Waals surface area contributed by atoms with Crippen molar-refractivity contribution in [2.24, 2.45) is 0 Å². The van der Waals surface area contributed by atoms with Crippen molar-refractivity contribution < 1.29 is 21.9 Å². The number of hydrogen-bond acceptors (Lipinski definition) is 2. The van der Waals surface area contributed by atoms with Gasteiger partial charge in [0.15, 0.2) is 0 Å². The van der Waals surface area contributed by atoms with E-state index in [9.17, 15) is 5.48 Å². The van der Waals surface area contributed by atoms with Gasteiger partial charge in [-0.25, -0.2) is 0 Å². The summed E-state index contributed by atoms with van der Waals surface area (Å²) in [5.74, 6) is 0. The molecule has 0 spiro atoms. The number of benzene rings is 8. The first-order valence-corrected chi connectivity index (χ1v) is 15.2. The largest absolute Gasteiger partial charge is 0.310 e. The van der Waals surface area contributed by atoms with Crippen LogP contribution >= 0.6 is 11.3 Å². The fourth-order valence-electron chi connectivity index (χ4n) is 5.76. The van der Waals surface area contributed by atoms with Gasteiger partial charge in [0.05, 0.1) is 21.9 Å². The van der Waals surface area contributed by atoms with Gasteiger partial charge in [0, 0.05) is 37.2 Å². The average Bonchev–Trinajstić information content (AvgIpc) is 3.66. The van der Waals surface area contributed by atoms with Gasteiger partial charge in [0.2, 0.25) is 0 Å². The molecule has 0 amide bonds. The molecule has 0 aliphatic carbocycles. The summed E-state index contributed by atoms with van der Waals surface area (Å²) in [5.41, 5.74) is -0.186. The summed E-state index contributed by atoms with van der Waals surface area (Å²) in [6.45, 7) is 0. The number of fused-ring (bicyclic) bond motifs is 6. The second-order valence-electron chi connectivity index (χ2n) is 10.5. The van der Waals surface area contributed by atoms with Gasteiger partial charge in [-0.2, -0.15) is 0 Å². The number of thiophene rings is 1. The van der Waals surface area contributed by atoms with Crippen LogP contribution in [0.3, 0.4) is 0 Å². The Morgan fingerprint density at radius 2 is 1.20 bits per heavy atom. The van der Waals surface area contributed by atoms with Gasteiger partial charge < -0.3 is 4.90 Å². The molecule has 1 heterocycles. The molecule has 0 fully saturated rings. The lowest BCUT2D eigenvalue weighted by molar-refractivity contribution is 1.29. The summed E-state index contributed by atoms with van der Waals surface area (Å²) in [7, 11) is 0. The normalized spacial score (nSPS) is 16.3. The summed E-state index contributed by atoms with van der Waals surface area (Å²) in [4.78, 5) is 1.10. The first kappa shape index (κ1) is 15.1. The van der Waals surface area contributed by atoms with Crippen molar-refractivity contribution in [3.05, 3.63) is 176 Å². The van der Waals surface area contributed by atoms with Gasteiger partial charge in [-0.05, 0) is 98.3 Å². The topological polar surface area (TPSA) is 3.24 Å². The first-order valence-electron chi connectivity index (χ1n) is 22.4. The minimum absolute atomic E-state index is 0.133. The van der Waals surface area contributed by atoms with Crippen LogP contribution in [0.5, 0.6) is 0 Å². The predicted molar refractivity (Wildman–Crippen MR) is 200 cm³/mol. The van der Waals surface area contributed by atoms with Crippen molar-refractivity contribution in [2.45, 2.75) is 0 Å². The molecule has 0 saturated carbocycles. The summed E-state index contributed by atoms with van der Waals surface area (Å²) in [6.07, 6.45) is 0. The van der Waals surface area contributed by atoms with Gasteiger partial charge in [0.1, 0.15) is 0 Å². The van der Waals surface area contributed by atoms with E-state index in [0.717, 1.165) is 41.6 Å². The quantitative estimate of drug-likeness (QED) is 0.185. The molecule has 0 aliphatic heterocycles. The Hall–Kier alpha value is -5.70. The number of hydrogen-bond donors (Lipinski definition) is 0. The maximum Gasteiger partial charge on any atom is 0.0645 e. The number of anilines is 3. The molecule has 0 N–H and O–H groups in total. The van der Waals surface area contributed by atoms with Crippen LogP contribution in [0.1, 0.15) is 21.9 Å². The molecule has 0 unspecified atom stereocenters. The predicted octanol–water partition coefficient (Wildman–Crippen LogP) is 13.2. The van der Waals surface area contributed by atoms with E-state index in [4.69, 9.17) is 16.4 Å². The van der Waals surface area contributed by atoms with Gasteiger partial charge in [-0.15, -0.1) is 11.3 Å². The molecule has 0 aliphatic rings. The molecule has 216 valence electrons. The van der Waals surface area contributed by atoms with Crippen molar-refractivity contribution in [3.8, 4) is 22.3 Å². The Balaban J connectivity index is 1.38. The molecular formula is C44H29NS. The highest BCUT2D eigenvalue weighted by atomic mass is 32.1. The van der Waals surface area contributed by atoms with E-state index >= 15 is 0 Å². The molecule has 8 aromatic carbocycles. The smallest absolute Gasteiger partial charge is 0.0645 e. The number of nitrogens with zero attached hydrogens (tertiary/aromatic N) is 1. The molecule has 0 atom stereocenters. The second kappa shape index (κ2) is 11.0. The highest BCUT2D eigenvalue weighted by Crippen LogP contribution is 2.46. The summed E-state index contributed by atoms with van der Waals surface area (Å²) in [6, 6.07) is 13.3. The highest BCUT2D eigenvalue weighted by molar-refractivity contribution is 7.26. The van der Waals surface area contributed by atoms with Crippen LogP contribution in [0.4, 0.5) is 17.1 Å². The molecule has 9 rings (SSSR count). The van der Waals surface area contributed by atoms with Crippen LogP contribution in [0.2, 0.25) is 0 Å². The Morgan fingerprint density at radius 1 is 0.478 bits per heavy atom. The maximum absolute atomic E-state index is 9.46. The van der Waals surface area contributed by atoms with Crippen molar-refractivity contribution in [1.82, 2.24) is 0 Å². The fraction of sp³-hybridized carbons (Fsp3) is 0. The lowest BCUT2D eigenvalue weighted by atomic mass is 9.95. The standard InChI is InChI=1S/C44H29NS/c1-3-12-32(13-4-1)40-28-35-15-9-10-18-39(35)44-43(40)41-29-38(25-26-42(41)46-44)45(36-16-5-2-6-17-36)37-23-21-31(22-24-37)34-20-19-30-11-7-8-14-33(30)27-34/h1-29H/i2D,5D,6D,7D,8D,11D,14D,16D,17D,19D,20D,21D,22D,23D,24D,27D. The molecule has 0 saturated heterocycles. The summed E-state index contributed by atoms with van der Waals surface area (Å²) < 4.78 is 143. The van der Waals surface area contributed by atoms with Gasteiger partial charge >= 0.3 is 0 Å². The van der Waals surface area contributed by atoms with Crippen molar-refractivity contribution in [2.75, 3.05) is 4.90 Å². The molecule has 2 heteroatoms. The van der Waals surface area contributed by atoms with Crippen LogP contribution in [0, 0.1) is 0 Å². The third-order valence-corrected chi connectivity index (χ3v) is 9.04. The van der Waals surface area contributed by atoms with E-state index < -0.39 is 130 Å². The van der Waals surface area contributed by atoms with E-state index in [1.54, 1.807) is 18.2 Å². The zero-order valence-corrected chi connectivity index (χ0v) is 24.7. The van der Waals surface area contributed by atoms with Crippen LogP contribution in [0.25, 0.3) is 64.0 Å².